The number of hydrogen-bond donors (Lipinski definition) is 0. The molecular formula is C17H17ClF2N4O. The molecular weight excluding hydrogens is 350 g/mol. The van der Waals surface area contributed by atoms with E-state index in [1.165, 1.54) is 17.3 Å². The second kappa shape index (κ2) is 7.41. The zero-order valence-electron chi connectivity index (χ0n) is 13.6. The summed E-state index contributed by atoms with van der Waals surface area (Å²) >= 11 is 6.11. The fraction of sp³-hybridized carbons (Fsp3) is 0.353. The number of aromatic nitrogens is 2. The van der Waals surface area contributed by atoms with Gasteiger partial charge in [-0.2, -0.15) is 0 Å². The molecule has 0 aliphatic carbocycles. The van der Waals surface area contributed by atoms with Crippen LogP contribution < -0.4 is 0 Å². The molecule has 0 saturated carbocycles. The molecule has 5 nitrogen and oxygen atoms in total. The van der Waals surface area contributed by atoms with Gasteiger partial charge in [0.05, 0.1) is 10.6 Å². The summed E-state index contributed by atoms with van der Waals surface area (Å²) in [7, 11) is 1.76. The highest BCUT2D eigenvalue weighted by atomic mass is 35.5. The molecule has 2 aromatic rings. The van der Waals surface area contributed by atoms with Crippen LogP contribution in [-0.4, -0.2) is 64.8 Å². The van der Waals surface area contributed by atoms with E-state index in [4.69, 9.17) is 11.6 Å². The Hall–Kier alpha value is -2.12. The number of carbonyl (C=O) groups excluding carboxylic acids is 1. The van der Waals surface area contributed by atoms with Gasteiger partial charge in [-0.05, 0) is 19.2 Å². The van der Waals surface area contributed by atoms with Crippen molar-refractivity contribution in [1.29, 1.82) is 0 Å². The number of amides is 1. The quantitative estimate of drug-likeness (QED) is 0.838. The van der Waals surface area contributed by atoms with Gasteiger partial charge in [0, 0.05) is 37.6 Å². The molecule has 0 spiro atoms. The van der Waals surface area contributed by atoms with Crippen LogP contribution in [0.5, 0.6) is 0 Å². The van der Waals surface area contributed by atoms with Crippen LogP contribution >= 0.6 is 11.6 Å². The summed E-state index contributed by atoms with van der Waals surface area (Å²) in [4.78, 5) is 23.9. The van der Waals surface area contributed by atoms with Crippen molar-refractivity contribution in [2.24, 2.45) is 0 Å². The van der Waals surface area contributed by atoms with Crippen molar-refractivity contribution in [3.05, 3.63) is 47.2 Å². The van der Waals surface area contributed by atoms with Crippen LogP contribution in [0.4, 0.5) is 8.78 Å². The zero-order valence-corrected chi connectivity index (χ0v) is 14.3. The molecule has 1 fully saturated rings. The number of benzene rings is 1. The number of carbonyl (C=O) groups is 1. The number of rotatable bonds is 3. The molecule has 1 aliphatic rings. The summed E-state index contributed by atoms with van der Waals surface area (Å²) in [6.07, 6.45) is 0.110. The number of piperazine rings is 1. The Morgan fingerprint density at radius 1 is 1.24 bits per heavy atom. The molecule has 3 rings (SSSR count). The first-order valence-corrected chi connectivity index (χ1v) is 8.20. The lowest BCUT2D eigenvalue weighted by molar-refractivity contribution is -0.0103. The van der Waals surface area contributed by atoms with Crippen molar-refractivity contribution < 1.29 is 13.6 Å². The van der Waals surface area contributed by atoms with E-state index in [1.807, 2.05) is 0 Å². The molecule has 1 atom stereocenters. The van der Waals surface area contributed by atoms with Crippen molar-refractivity contribution in [2.45, 2.75) is 12.5 Å². The van der Waals surface area contributed by atoms with Crippen LogP contribution in [0, 0.1) is 0 Å². The van der Waals surface area contributed by atoms with Crippen molar-refractivity contribution >= 4 is 17.5 Å². The lowest BCUT2D eigenvalue weighted by atomic mass is 10.1. The minimum absolute atomic E-state index is 0.141. The Bertz CT molecular complexity index is 757. The smallest absolute Gasteiger partial charge is 0.259 e. The second-order valence-electron chi connectivity index (χ2n) is 5.94. The van der Waals surface area contributed by atoms with E-state index >= 15 is 0 Å². The Morgan fingerprint density at radius 3 is 2.56 bits per heavy atom. The number of nitrogens with zero attached hydrogens (tertiary/aromatic N) is 4. The highest BCUT2D eigenvalue weighted by Crippen LogP contribution is 2.24. The Kier molecular flexibility index (Phi) is 5.24. The van der Waals surface area contributed by atoms with Gasteiger partial charge in [0.15, 0.2) is 5.82 Å². The molecule has 1 amide bonds. The summed E-state index contributed by atoms with van der Waals surface area (Å²) in [5.74, 6) is -0.102. The van der Waals surface area contributed by atoms with E-state index < -0.39 is 18.4 Å². The summed E-state index contributed by atoms with van der Waals surface area (Å²) < 4.78 is 26.6. The molecule has 1 aromatic heterocycles. The number of halogens is 3. The Balaban J connectivity index is 1.82. The standard InChI is InChI=1S/C17H17ClF2N4O/c1-23-6-7-24(14(10-23)15(19)20)17(25)11-8-21-16(22-9-11)12-4-2-3-5-13(12)18/h2-5,8-9,14-15H,6-7,10H2,1H3. The molecule has 1 saturated heterocycles. The molecule has 0 N–H and O–H groups in total. The molecule has 132 valence electrons. The van der Waals surface area contributed by atoms with Gasteiger partial charge in [0.2, 0.25) is 0 Å². The van der Waals surface area contributed by atoms with Crippen molar-refractivity contribution in [3.8, 4) is 11.4 Å². The summed E-state index contributed by atoms with van der Waals surface area (Å²) in [5.41, 5.74) is 0.833. The monoisotopic (exact) mass is 366 g/mol. The fourth-order valence-electron chi connectivity index (χ4n) is 2.81. The predicted octanol–water partition coefficient (Wildman–Crippen LogP) is 2.82. The lowest BCUT2D eigenvalue weighted by Crippen LogP contribution is -2.56. The van der Waals surface area contributed by atoms with E-state index in [9.17, 15) is 13.6 Å². The Labute approximate surface area is 149 Å². The normalized spacial score (nSPS) is 18.6. The molecule has 25 heavy (non-hydrogen) atoms. The lowest BCUT2D eigenvalue weighted by Gasteiger charge is -2.39. The van der Waals surface area contributed by atoms with Gasteiger partial charge in [-0.1, -0.05) is 23.7 Å². The van der Waals surface area contributed by atoms with Gasteiger partial charge in [-0.25, -0.2) is 18.7 Å². The SMILES string of the molecule is CN1CCN(C(=O)c2cnc(-c3ccccc3Cl)nc2)C(C(F)F)C1. The molecule has 1 aliphatic heterocycles. The first-order valence-electron chi connectivity index (χ1n) is 7.82. The summed E-state index contributed by atoms with van der Waals surface area (Å²) in [5, 5.41) is 0.499. The molecule has 1 unspecified atom stereocenters. The minimum Gasteiger partial charge on any atom is -0.327 e. The van der Waals surface area contributed by atoms with Crippen molar-refractivity contribution in [3.63, 3.8) is 0 Å². The first-order chi connectivity index (χ1) is 12.0. The van der Waals surface area contributed by atoms with Gasteiger partial charge in [0.25, 0.3) is 12.3 Å². The average molecular weight is 367 g/mol. The van der Waals surface area contributed by atoms with Crippen LogP contribution in [0.25, 0.3) is 11.4 Å². The fourth-order valence-corrected chi connectivity index (χ4v) is 3.03. The second-order valence-corrected chi connectivity index (χ2v) is 6.34. The average Bonchev–Trinajstić information content (AvgIpc) is 2.61. The summed E-state index contributed by atoms with van der Waals surface area (Å²) in [6, 6.07) is 5.96. The molecule has 0 radical (unpaired) electrons. The maximum atomic E-state index is 13.3. The molecule has 2 heterocycles. The third-order valence-corrected chi connectivity index (χ3v) is 4.52. The number of hydrogen-bond acceptors (Lipinski definition) is 4. The minimum atomic E-state index is -2.60. The van der Waals surface area contributed by atoms with E-state index in [2.05, 4.69) is 9.97 Å². The van der Waals surface area contributed by atoms with Crippen LogP contribution in [-0.2, 0) is 0 Å². The number of likely N-dealkylation sites (N-methyl/N-ethyl adjacent to an activating group) is 1. The highest BCUT2D eigenvalue weighted by Gasteiger charge is 2.35. The van der Waals surface area contributed by atoms with Gasteiger partial charge in [-0.3, -0.25) is 4.79 Å². The highest BCUT2D eigenvalue weighted by molar-refractivity contribution is 6.33. The zero-order chi connectivity index (χ0) is 18.0. The maximum absolute atomic E-state index is 13.3. The van der Waals surface area contributed by atoms with Crippen LogP contribution in [0.1, 0.15) is 10.4 Å². The summed E-state index contributed by atoms with van der Waals surface area (Å²) in [6.45, 7) is 0.937. The van der Waals surface area contributed by atoms with E-state index in [1.54, 1.807) is 36.2 Å². The molecule has 8 heteroatoms. The van der Waals surface area contributed by atoms with Crippen LogP contribution in [0.2, 0.25) is 5.02 Å². The predicted molar refractivity (Wildman–Crippen MR) is 90.8 cm³/mol. The topological polar surface area (TPSA) is 49.3 Å². The van der Waals surface area contributed by atoms with Gasteiger partial charge in [-0.15, -0.1) is 0 Å². The maximum Gasteiger partial charge on any atom is 0.259 e. The van der Waals surface area contributed by atoms with Crippen molar-refractivity contribution in [2.75, 3.05) is 26.7 Å². The third kappa shape index (κ3) is 3.77. The van der Waals surface area contributed by atoms with E-state index in [-0.39, 0.29) is 18.7 Å². The number of alkyl halides is 2. The third-order valence-electron chi connectivity index (χ3n) is 4.19. The first kappa shape index (κ1) is 17.7. The molecule has 0 bridgehead atoms. The van der Waals surface area contributed by atoms with Gasteiger partial charge in [0.1, 0.15) is 6.04 Å². The Morgan fingerprint density at radius 2 is 1.92 bits per heavy atom. The van der Waals surface area contributed by atoms with Crippen LogP contribution in [0.3, 0.4) is 0 Å². The van der Waals surface area contributed by atoms with E-state index in [0.29, 0.717) is 23.0 Å². The van der Waals surface area contributed by atoms with Gasteiger partial charge < -0.3 is 9.80 Å². The van der Waals surface area contributed by atoms with E-state index in [0.717, 1.165) is 0 Å². The van der Waals surface area contributed by atoms with Crippen molar-refractivity contribution in [1.82, 2.24) is 19.8 Å². The largest absolute Gasteiger partial charge is 0.327 e. The van der Waals surface area contributed by atoms with Crippen LogP contribution in [0.15, 0.2) is 36.7 Å². The molecule has 1 aromatic carbocycles. The van der Waals surface area contributed by atoms with Gasteiger partial charge >= 0.3 is 0 Å².